The Labute approximate surface area is 205 Å². The first kappa shape index (κ1) is 21.5. The number of fused-ring (bicyclic) bond motifs is 3. The fraction of sp³-hybridized carbons (Fsp3) is 0.241. The van der Waals surface area contributed by atoms with Crippen molar-refractivity contribution in [2.24, 2.45) is 10.2 Å². The molecule has 3 heterocycles. The molecule has 6 rings (SSSR count). The second-order valence-corrected chi connectivity index (χ2v) is 8.98. The molecule has 0 unspecified atom stereocenters. The summed E-state index contributed by atoms with van der Waals surface area (Å²) in [5.41, 5.74) is 6.67. The van der Waals surface area contributed by atoms with Crippen molar-refractivity contribution in [1.29, 1.82) is 0 Å². The fourth-order valence-electron chi connectivity index (χ4n) is 4.97. The van der Waals surface area contributed by atoms with Crippen molar-refractivity contribution in [3.63, 3.8) is 0 Å². The van der Waals surface area contributed by atoms with Gasteiger partial charge in [-0.3, -0.25) is 10.0 Å². The van der Waals surface area contributed by atoms with Crippen LogP contribution < -0.4 is 14.8 Å². The first-order valence-electron chi connectivity index (χ1n) is 12.2. The maximum Gasteiger partial charge on any atom is 0.148 e. The van der Waals surface area contributed by atoms with Gasteiger partial charge in [-0.2, -0.15) is 10.2 Å². The number of aryl methyl sites for hydroxylation is 2. The molecule has 0 spiro atoms. The Hall–Kier alpha value is -4.06. The fourth-order valence-corrected chi connectivity index (χ4v) is 4.97. The number of methoxy groups -OCH3 is 1. The maximum absolute atomic E-state index is 6.25. The van der Waals surface area contributed by atoms with Gasteiger partial charge in [0.25, 0.3) is 0 Å². The zero-order valence-corrected chi connectivity index (χ0v) is 19.9. The lowest BCUT2D eigenvalue weighted by Gasteiger charge is -2.26. The van der Waals surface area contributed by atoms with Gasteiger partial charge in [0.1, 0.15) is 17.1 Å². The van der Waals surface area contributed by atoms with Crippen LogP contribution in [0, 0.1) is 0 Å². The van der Waals surface area contributed by atoms with Crippen LogP contribution in [0.4, 0.5) is 11.4 Å². The molecule has 0 saturated carbocycles. The molecule has 0 amide bonds. The Morgan fingerprint density at radius 2 is 1.43 bits per heavy atom. The van der Waals surface area contributed by atoms with Crippen molar-refractivity contribution in [2.45, 2.75) is 25.7 Å². The van der Waals surface area contributed by atoms with E-state index in [4.69, 9.17) is 19.4 Å². The third-order valence-electron chi connectivity index (χ3n) is 6.71. The van der Waals surface area contributed by atoms with Crippen LogP contribution in [0.3, 0.4) is 0 Å². The van der Waals surface area contributed by atoms with Gasteiger partial charge in [0.15, 0.2) is 0 Å². The molecule has 0 atom stereocenters. The minimum Gasteiger partial charge on any atom is -0.497 e. The zero-order chi connectivity index (χ0) is 23.6. The first-order valence-corrected chi connectivity index (χ1v) is 12.2. The lowest BCUT2D eigenvalue weighted by Crippen LogP contribution is -2.24. The molecule has 0 N–H and O–H groups in total. The number of para-hydroxylation sites is 2. The van der Waals surface area contributed by atoms with Crippen LogP contribution in [0.1, 0.15) is 35.3 Å². The van der Waals surface area contributed by atoms with E-state index in [2.05, 4.69) is 58.5 Å². The topological polar surface area (TPSA) is 53.6 Å². The van der Waals surface area contributed by atoms with Crippen LogP contribution >= 0.6 is 0 Å². The Kier molecular flexibility index (Phi) is 5.70. The van der Waals surface area contributed by atoms with Gasteiger partial charge in [-0.25, -0.2) is 0 Å². The Bertz CT molecular complexity index is 1420. The number of rotatable bonds is 5. The van der Waals surface area contributed by atoms with Crippen LogP contribution in [-0.4, -0.2) is 32.6 Å². The van der Waals surface area contributed by atoms with Crippen molar-refractivity contribution >= 4 is 34.8 Å². The van der Waals surface area contributed by atoms with Crippen molar-refractivity contribution in [2.75, 3.05) is 30.2 Å². The summed E-state index contributed by atoms with van der Waals surface area (Å²) in [5, 5.41) is 14.7. The third-order valence-corrected chi connectivity index (χ3v) is 6.71. The van der Waals surface area contributed by atoms with Gasteiger partial charge in [-0.15, -0.1) is 0 Å². The molecule has 4 aromatic rings. The number of hydrazone groups is 2. The van der Waals surface area contributed by atoms with E-state index in [0.717, 1.165) is 61.1 Å². The van der Waals surface area contributed by atoms with Crippen molar-refractivity contribution in [3.8, 4) is 5.75 Å². The monoisotopic (exact) mass is 464 g/mol. The van der Waals surface area contributed by atoms with Gasteiger partial charge >= 0.3 is 0 Å². The molecule has 2 aliphatic rings. The highest BCUT2D eigenvalue weighted by molar-refractivity contribution is 6.00. The van der Waals surface area contributed by atoms with Crippen LogP contribution in [0.15, 0.2) is 81.4 Å². The molecule has 0 bridgehead atoms. The highest BCUT2D eigenvalue weighted by Gasteiger charge is 2.17. The molecule has 35 heavy (non-hydrogen) atoms. The number of ether oxygens (including phenoxy) is 1. The van der Waals surface area contributed by atoms with Gasteiger partial charge in [-0.05, 0) is 67.1 Å². The number of benzene rings is 3. The van der Waals surface area contributed by atoms with E-state index < -0.39 is 0 Å². The van der Waals surface area contributed by atoms with Crippen molar-refractivity contribution in [3.05, 3.63) is 89.2 Å². The number of hydrogen-bond donors (Lipinski definition) is 0. The number of nitrogens with zero attached hydrogens (tertiary/aromatic N) is 4. The van der Waals surface area contributed by atoms with Crippen LogP contribution in [0.25, 0.3) is 11.0 Å². The highest BCUT2D eigenvalue weighted by Crippen LogP contribution is 2.30. The third kappa shape index (κ3) is 4.28. The van der Waals surface area contributed by atoms with E-state index in [-0.39, 0.29) is 0 Å². The van der Waals surface area contributed by atoms with Crippen LogP contribution in [0.5, 0.6) is 5.75 Å². The Morgan fingerprint density at radius 1 is 0.800 bits per heavy atom. The second kappa shape index (κ2) is 9.29. The van der Waals surface area contributed by atoms with E-state index in [1.54, 1.807) is 13.3 Å². The molecule has 0 aliphatic carbocycles. The molecule has 176 valence electrons. The predicted octanol–water partition coefficient (Wildman–Crippen LogP) is 6.01. The van der Waals surface area contributed by atoms with Gasteiger partial charge in [-0.1, -0.05) is 36.4 Å². The smallest absolute Gasteiger partial charge is 0.148 e. The molecule has 3 aromatic carbocycles. The summed E-state index contributed by atoms with van der Waals surface area (Å²) in [6.45, 7) is 1.80. The summed E-state index contributed by atoms with van der Waals surface area (Å²) < 4.78 is 11.8. The molecule has 0 radical (unpaired) electrons. The molecule has 6 heteroatoms. The standard InChI is InChI=1S/C29H28N4O2/c1-34-25-16-23-17-26(20-31-33-15-7-11-22-9-3-5-13-28(22)33)35-29(23)24(18-25)19-30-32-14-6-10-21-8-2-4-12-27(21)32/h2-5,8-9,12-13,16-20H,6-7,10-11,14-15H2,1H3. The molecule has 1 aromatic heterocycles. The first-order chi connectivity index (χ1) is 17.3. The van der Waals surface area contributed by atoms with Crippen molar-refractivity contribution < 1.29 is 9.15 Å². The zero-order valence-electron chi connectivity index (χ0n) is 19.9. The van der Waals surface area contributed by atoms with E-state index in [0.29, 0.717) is 5.76 Å². The summed E-state index contributed by atoms with van der Waals surface area (Å²) >= 11 is 0. The van der Waals surface area contributed by atoms with Gasteiger partial charge in [0, 0.05) is 24.0 Å². The lowest BCUT2D eigenvalue weighted by molar-refractivity contribution is 0.415. The normalized spacial score (nSPS) is 15.7. The molecular formula is C29H28N4O2. The number of hydrogen-bond acceptors (Lipinski definition) is 6. The van der Waals surface area contributed by atoms with E-state index in [1.807, 2.05) is 24.4 Å². The summed E-state index contributed by atoms with van der Waals surface area (Å²) in [7, 11) is 1.68. The largest absolute Gasteiger partial charge is 0.497 e. The van der Waals surface area contributed by atoms with Crippen LogP contribution in [-0.2, 0) is 12.8 Å². The maximum atomic E-state index is 6.25. The molecule has 6 nitrogen and oxygen atoms in total. The average Bonchev–Trinajstić information content (AvgIpc) is 3.33. The SMILES string of the molecule is COc1cc(C=NN2CCCc3ccccc32)c2oc(C=NN3CCCc4ccccc43)cc2c1. The van der Waals surface area contributed by atoms with E-state index in [1.165, 1.54) is 22.5 Å². The van der Waals surface area contributed by atoms with Crippen LogP contribution in [0.2, 0.25) is 0 Å². The quantitative estimate of drug-likeness (QED) is 0.339. The van der Waals surface area contributed by atoms with Gasteiger partial charge < -0.3 is 9.15 Å². The van der Waals surface area contributed by atoms with Gasteiger partial charge in [0.05, 0.1) is 30.9 Å². The predicted molar refractivity (Wildman–Crippen MR) is 142 cm³/mol. The second-order valence-electron chi connectivity index (χ2n) is 8.98. The lowest BCUT2D eigenvalue weighted by atomic mass is 10.0. The average molecular weight is 465 g/mol. The number of furan rings is 1. The highest BCUT2D eigenvalue weighted by atomic mass is 16.5. The molecule has 0 fully saturated rings. The summed E-state index contributed by atoms with van der Waals surface area (Å²) in [5.74, 6) is 1.47. The van der Waals surface area contributed by atoms with Crippen molar-refractivity contribution in [1.82, 2.24) is 0 Å². The minimum absolute atomic E-state index is 0.703. The minimum atomic E-state index is 0.703. The Morgan fingerprint density at radius 3 is 2.09 bits per heavy atom. The van der Waals surface area contributed by atoms with E-state index >= 15 is 0 Å². The van der Waals surface area contributed by atoms with Gasteiger partial charge in [0.2, 0.25) is 0 Å². The van der Waals surface area contributed by atoms with E-state index in [9.17, 15) is 0 Å². The molecule has 2 aliphatic heterocycles. The molecular weight excluding hydrogens is 436 g/mol. The molecule has 0 saturated heterocycles. The number of anilines is 2. The summed E-state index contributed by atoms with van der Waals surface area (Å²) in [4.78, 5) is 0. The Balaban J connectivity index is 1.31. The summed E-state index contributed by atoms with van der Waals surface area (Å²) in [6, 6.07) is 22.9. The summed E-state index contributed by atoms with van der Waals surface area (Å²) in [6.07, 6.45) is 8.04.